The summed E-state index contributed by atoms with van der Waals surface area (Å²) in [6.45, 7) is 3.86. The minimum atomic E-state index is 0.194. The Labute approximate surface area is 66.4 Å². The van der Waals surface area contributed by atoms with Crippen LogP contribution < -0.4 is 0 Å². The van der Waals surface area contributed by atoms with Gasteiger partial charge in [-0.2, -0.15) is 0 Å². The quantitative estimate of drug-likeness (QED) is 0.549. The van der Waals surface area contributed by atoms with Crippen LogP contribution in [0, 0.1) is 0 Å². The third-order valence-electron chi connectivity index (χ3n) is 0. The van der Waals surface area contributed by atoms with Crippen LogP contribution in [-0.2, 0) is 0 Å². The molecular formula is C5H14Cl2O2. The average Bonchev–Trinajstić information content (AvgIpc) is 1.70. The van der Waals surface area contributed by atoms with Gasteiger partial charge in [0.1, 0.15) is 0 Å². The molecule has 0 aliphatic heterocycles. The number of aliphatic hydroxyl groups is 2. The van der Waals surface area contributed by atoms with Crippen molar-refractivity contribution in [3.05, 3.63) is 0 Å². The second-order valence-corrected chi connectivity index (χ2v) is 1.54. The minimum Gasteiger partial charge on any atom is -0.397 e. The Morgan fingerprint density at radius 1 is 1.00 bits per heavy atom. The van der Waals surface area contributed by atoms with Crippen LogP contribution in [0.1, 0.15) is 13.8 Å². The fraction of sp³-hybridized carbons (Fsp3) is 1.00. The summed E-state index contributed by atoms with van der Waals surface area (Å²) in [6.07, 6.45) is 0. The number of alkyl halides is 2. The summed E-state index contributed by atoms with van der Waals surface area (Å²) in [4.78, 5) is 0. The van der Waals surface area contributed by atoms with Gasteiger partial charge in [-0.25, -0.2) is 0 Å². The molecule has 0 radical (unpaired) electrons. The highest BCUT2D eigenvalue weighted by atomic mass is 35.5. The van der Waals surface area contributed by atoms with Crippen LogP contribution in [0.2, 0.25) is 0 Å². The van der Waals surface area contributed by atoms with E-state index in [1.54, 1.807) is 13.8 Å². The second-order valence-electron chi connectivity index (χ2n) is 0.733. The Kier molecular flexibility index (Phi) is 70.5. The van der Waals surface area contributed by atoms with Crippen LogP contribution >= 0.6 is 23.2 Å². The standard InChI is InChI=1S/2C2H6O.CH2Cl2/c2*1-2-3;2-1-3/h2*3H,2H2,1H3;1H2. The molecule has 2 N–H and O–H groups in total. The van der Waals surface area contributed by atoms with Crippen molar-refractivity contribution in [1.82, 2.24) is 0 Å². The summed E-state index contributed by atoms with van der Waals surface area (Å²) >= 11 is 9.53. The van der Waals surface area contributed by atoms with E-state index in [2.05, 4.69) is 0 Å². The molecule has 60 valence electrons. The first kappa shape index (κ1) is 16.2. The first-order valence-corrected chi connectivity index (χ1v) is 3.65. The highest BCUT2D eigenvalue weighted by molar-refractivity contribution is 6.40. The molecule has 0 atom stereocenters. The SMILES string of the molecule is CCO.CCO.ClCCl. The maximum Gasteiger partial charge on any atom is 0.0967 e. The number of aliphatic hydroxyl groups excluding tert-OH is 2. The van der Waals surface area contributed by atoms with E-state index in [1.807, 2.05) is 0 Å². The summed E-state index contributed by atoms with van der Waals surface area (Å²) in [5, 5.41) is 15.3. The van der Waals surface area contributed by atoms with Gasteiger partial charge >= 0.3 is 0 Å². The highest BCUT2D eigenvalue weighted by Crippen LogP contribution is 1.73. The molecule has 0 heterocycles. The first-order valence-electron chi connectivity index (χ1n) is 2.58. The topological polar surface area (TPSA) is 40.5 Å². The smallest absolute Gasteiger partial charge is 0.0967 e. The number of hydrogen-bond acceptors (Lipinski definition) is 2. The Hall–Kier alpha value is 0.500. The van der Waals surface area contributed by atoms with Gasteiger partial charge < -0.3 is 10.2 Å². The van der Waals surface area contributed by atoms with E-state index in [0.29, 0.717) is 0 Å². The fourth-order valence-corrected chi connectivity index (χ4v) is 0. The summed E-state index contributed by atoms with van der Waals surface area (Å²) in [5.74, 6) is 0. The van der Waals surface area contributed by atoms with Crippen molar-refractivity contribution in [2.45, 2.75) is 13.8 Å². The van der Waals surface area contributed by atoms with Crippen LogP contribution in [0.15, 0.2) is 0 Å². The molecular weight excluding hydrogens is 163 g/mol. The second kappa shape index (κ2) is 39.0. The van der Waals surface area contributed by atoms with Gasteiger partial charge in [-0.3, -0.25) is 0 Å². The number of hydrogen-bond donors (Lipinski definition) is 2. The lowest BCUT2D eigenvalue weighted by atomic mass is 10.9. The third kappa shape index (κ3) is 1440. The Balaban J connectivity index is -0.0000000600. The van der Waals surface area contributed by atoms with Gasteiger partial charge in [0.05, 0.1) is 5.34 Å². The van der Waals surface area contributed by atoms with Crippen LogP contribution in [0.25, 0.3) is 0 Å². The Bertz CT molecular complexity index is 17.7. The number of halogens is 2. The Morgan fingerprint density at radius 2 is 1.00 bits per heavy atom. The molecule has 0 aromatic carbocycles. The lowest BCUT2D eigenvalue weighted by Gasteiger charge is -1.52. The van der Waals surface area contributed by atoms with Crippen molar-refractivity contribution in [1.29, 1.82) is 0 Å². The molecule has 0 amide bonds. The van der Waals surface area contributed by atoms with Gasteiger partial charge in [0.15, 0.2) is 0 Å². The molecule has 0 unspecified atom stereocenters. The zero-order chi connectivity index (χ0) is 8.12. The van der Waals surface area contributed by atoms with E-state index in [0.717, 1.165) is 0 Å². The molecule has 0 aliphatic carbocycles. The van der Waals surface area contributed by atoms with Crippen molar-refractivity contribution >= 4 is 23.2 Å². The normalized spacial score (nSPS) is 6.00. The van der Waals surface area contributed by atoms with Crippen LogP contribution in [0.5, 0.6) is 0 Å². The molecule has 0 aliphatic rings. The van der Waals surface area contributed by atoms with E-state index in [4.69, 9.17) is 33.4 Å². The van der Waals surface area contributed by atoms with Gasteiger partial charge in [0, 0.05) is 13.2 Å². The summed E-state index contributed by atoms with van der Waals surface area (Å²) in [6, 6.07) is 0. The van der Waals surface area contributed by atoms with Gasteiger partial charge in [-0.15, -0.1) is 23.2 Å². The predicted molar refractivity (Wildman–Crippen MR) is 42.1 cm³/mol. The van der Waals surface area contributed by atoms with Gasteiger partial charge in [0.25, 0.3) is 0 Å². The van der Waals surface area contributed by atoms with Crippen LogP contribution in [0.4, 0.5) is 0 Å². The predicted octanol–water partition coefficient (Wildman–Crippen LogP) is 1.42. The third-order valence-corrected chi connectivity index (χ3v) is 0. The average molecular weight is 177 g/mol. The zero-order valence-electron chi connectivity index (χ0n) is 5.77. The molecule has 0 spiro atoms. The fourth-order valence-electron chi connectivity index (χ4n) is 0. The molecule has 0 bridgehead atoms. The maximum atomic E-state index is 7.57. The molecule has 0 fully saturated rings. The van der Waals surface area contributed by atoms with Crippen molar-refractivity contribution < 1.29 is 10.2 Å². The summed E-state index contributed by atoms with van der Waals surface area (Å²) in [7, 11) is 0. The molecule has 0 rings (SSSR count). The van der Waals surface area contributed by atoms with E-state index in [1.165, 1.54) is 0 Å². The van der Waals surface area contributed by atoms with Crippen molar-refractivity contribution in [2.24, 2.45) is 0 Å². The van der Waals surface area contributed by atoms with E-state index < -0.39 is 0 Å². The summed E-state index contributed by atoms with van der Waals surface area (Å²) < 4.78 is 0. The number of rotatable bonds is 0. The largest absolute Gasteiger partial charge is 0.397 e. The zero-order valence-corrected chi connectivity index (χ0v) is 7.28. The lowest BCUT2D eigenvalue weighted by Crippen LogP contribution is -1.57. The maximum absolute atomic E-state index is 7.57. The monoisotopic (exact) mass is 176 g/mol. The highest BCUT2D eigenvalue weighted by Gasteiger charge is 1.41. The van der Waals surface area contributed by atoms with E-state index in [-0.39, 0.29) is 18.6 Å². The Morgan fingerprint density at radius 3 is 1.00 bits per heavy atom. The van der Waals surface area contributed by atoms with Crippen LogP contribution in [0.3, 0.4) is 0 Å². The van der Waals surface area contributed by atoms with Crippen LogP contribution in [-0.4, -0.2) is 28.8 Å². The molecule has 0 saturated carbocycles. The molecule has 4 heteroatoms. The molecule has 0 aromatic heterocycles. The van der Waals surface area contributed by atoms with Crippen molar-refractivity contribution in [3.8, 4) is 0 Å². The molecule has 0 saturated heterocycles. The van der Waals surface area contributed by atoms with Gasteiger partial charge in [-0.1, -0.05) is 0 Å². The van der Waals surface area contributed by atoms with Gasteiger partial charge in [-0.05, 0) is 13.8 Å². The lowest BCUT2D eigenvalue weighted by molar-refractivity contribution is 0.318. The van der Waals surface area contributed by atoms with E-state index in [9.17, 15) is 0 Å². The van der Waals surface area contributed by atoms with E-state index >= 15 is 0 Å². The van der Waals surface area contributed by atoms with Crippen molar-refractivity contribution in [2.75, 3.05) is 18.6 Å². The van der Waals surface area contributed by atoms with Crippen molar-refractivity contribution in [3.63, 3.8) is 0 Å². The molecule has 0 aromatic rings. The molecule has 9 heavy (non-hydrogen) atoms. The first-order chi connectivity index (χ1) is 4.24. The summed E-state index contributed by atoms with van der Waals surface area (Å²) in [5.41, 5.74) is 0. The molecule has 2 nitrogen and oxygen atoms in total. The van der Waals surface area contributed by atoms with Gasteiger partial charge in [0.2, 0.25) is 0 Å². The minimum absolute atomic E-state index is 0.194.